The third-order valence-electron chi connectivity index (χ3n) is 3.16. The Morgan fingerprint density at radius 2 is 2.06 bits per heavy atom. The Morgan fingerprint density at radius 1 is 1.28 bits per heavy atom. The smallest absolute Gasteiger partial charge is 0.164 e. The van der Waals surface area contributed by atoms with E-state index < -0.39 is 0 Å². The number of ether oxygens (including phenoxy) is 1. The van der Waals surface area contributed by atoms with Gasteiger partial charge in [0.15, 0.2) is 5.78 Å². The molecule has 0 saturated heterocycles. The molecule has 0 aliphatic heterocycles. The van der Waals surface area contributed by atoms with Gasteiger partial charge in [-0.05, 0) is 24.5 Å². The summed E-state index contributed by atoms with van der Waals surface area (Å²) in [5, 5.41) is 0. The van der Waals surface area contributed by atoms with Crippen molar-refractivity contribution in [2.75, 3.05) is 21.2 Å². The van der Waals surface area contributed by atoms with E-state index in [9.17, 15) is 4.79 Å². The van der Waals surface area contributed by atoms with Crippen LogP contribution in [0.1, 0.15) is 24.0 Å². The summed E-state index contributed by atoms with van der Waals surface area (Å²) < 4.78 is 5.40. The number of methoxy groups -OCH3 is 1. The van der Waals surface area contributed by atoms with Crippen molar-refractivity contribution in [3.63, 3.8) is 0 Å². The lowest BCUT2D eigenvalue weighted by Crippen LogP contribution is -2.08. The molecule has 1 aromatic carbocycles. The van der Waals surface area contributed by atoms with Crippen molar-refractivity contribution < 1.29 is 9.53 Å². The van der Waals surface area contributed by atoms with Crippen molar-refractivity contribution in [3.05, 3.63) is 35.5 Å². The van der Waals surface area contributed by atoms with Crippen molar-refractivity contribution in [2.45, 2.75) is 19.3 Å². The highest BCUT2D eigenvalue weighted by molar-refractivity contribution is 6.21. The van der Waals surface area contributed by atoms with Gasteiger partial charge in [-0.25, -0.2) is 0 Å². The fourth-order valence-corrected chi connectivity index (χ4v) is 2.38. The number of carbonyl (C=O) groups excluding carboxylic acids is 1. The van der Waals surface area contributed by atoms with Crippen molar-refractivity contribution in [2.24, 2.45) is 0 Å². The predicted octanol–water partition coefficient (Wildman–Crippen LogP) is 2.50. The average Bonchev–Trinajstić information content (AvgIpc) is 2.49. The maximum Gasteiger partial charge on any atom is 0.164 e. The molecule has 2 rings (SSSR count). The summed E-state index contributed by atoms with van der Waals surface area (Å²) in [4.78, 5) is 14.1. The summed E-state index contributed by atoms with van der Waals surface area (Å²) in [5.41, 5.74) is 2.97. The molecule has 0 fully saturated rings. The fraction of sp³-hybridized carbons (Fsp3) is 0.400. The minimum absolute atomic E-state index is 0.218. The number of carbonyl (C=O) groups is 1. The van der Waals surface area contributed by atoms with Crippen LogP contribution in [-0.4, -0.2) is 31.9 Å². The molecule has 0 N–H and O–H groups in total. The van der Waals surface area contributed by atoms with Gasteiger partial charge in [0.25, 0.3) is 0 Å². The maximum absolute atomic E-state index is 12.2. The van der Waals surface area contributed by atoms with Crippen molar-refractivity contribution in [3.8, 4) is 5.75 Å². The topological polar surface area (TPSA) is 29.5 Å². The van der Waals surface area contributed by atoms with Gasteiger partial charge in [-0.1, -0.05) is 12.1 Å². The van der Waals surface area contributed by atoms with Gasteiger partial charge in [0.1, 0.15) is 5.75 Å². The molecule has 18 heavy (non-hydrogen) atoms. The van der Waals surface area contributed by atoms with E-state index in [1.54, 1.807) is 7.11 Å². The van der Waals surface area contributed by atoms with Gasteiger partial charge in [0.05, 0.1) is 7.11 Å². The molecular weight excluding hydrogens is 226 g/mol. The molecule has 0 unspecified atom stereocenters. The maximum atomic E-state index is 12.2. The number of nitrogens with zero attached hydrogens (tertiary/aromatic N) is 1. The minimum atomic E-state index is 0.218. The second kappa shape index (κ2) is 5.25. The van der Waals surface area contributed by atoms with E-state index in [0.717, 1.165) is 35.3 Å². The van der Waals surface area contributed by atoms with Gasteiger partial charge >= 0.3 is 0 Å². The Bertz CT molecular complexity index is 489. The van der Waals surface area contributed by atoms with Crippen molar-refractivity contribution in [1.29, 1.82) is 0 Å². The molecular formula is C15H19NO2. The van der Waals surface area contributed by atoms with Crippen LogP contribution in [0.2, 0.25) is 0 Å². The molecule has 1 aromatic rings. The first-order valence-electron chi connectivity index (χ1n) is 6.21. The summed E-state index contributed by atoms with van der Waals surface area (Å²) in [5.74, 6) is 1.10. The number of fused-ring (bicyclic) bond motifs is 1. The predicted molar refractivity (Wildman–Crippen MR) is 72.6 cm³/mol. The number of hydrogen-bond acceptors (Lipinski definition) is 3. The molecule has 0 heterocycles. The molecule has 0 atom stereocenters. The lowest BCUT2D eigenvalue weighted by atomic mass is 9.97. The molecule has 0 aromatic heterocycles. The highest BCUT2D eigenvalue weighted by Crippen LogP contribution is 2.33. The minimum Gasteiger partial charge on any atom is -0.496 e. The monoisotopic (exact) mass is 245 g/mol. The van der Waals surface area contributed by atoms with E-state index in [0.29, 0.717) is 6.42 Å². The number of benzene rings is 1. The van der Waals surface area contributed by atoms with Crippen LogP contribution in [0.3, 0.4) is 0 Å². The zero-order valence-electron chi connectivity index (χ0n) is 11.2. The van der Waals surface area contributed by atoms with E-state index in [1.807, 2.05) is 43.4 Å². The van der Waals surface area contributed by atoms with Gasteiger partial charge in [-0.2, -0.15) is 0 Å². The molecule has 0 saturated carbocycles. The van der Waals surface area contributed by atoms with Crippen LogP contribution in [-0.2, 0) is 11.2 Å². The van der Waals surface area contributed by atoms with Gasteiger partial charge < -0.3 is 9.64 Å². The van der Waals surface area contributed by atoms with Crippen LogP contribution in [0, 0.1) is 0 Å². The second-order valence-corrected chi connectivity index (χ2v) is 4.77. The van der Waals surface area contributed by atoms with Crippen LogP contribution in [0.4, 0.5) is 0 Å². The molecule has 0 radical (unpaired) electrons. The molecule has 1 aliphatic rings. The third kappa shape index (κ3) is 2.40. The van der Waals surface area contributed by atoms with E-state index in [-0.39, 0.29) is 5.78 Å². The Morgan fingerprint density at radius 3 is 2.72 bits per heavy atom. The number of ketones is 1. The Labute approximate surface area is 108 Å². The Hall–Kier alpha value is -1.77. The highest BCUT2D eigenvalue weighted by atomic mass is 16.5. The first-order chi connectivity index (χ1) is 8.63. The summed E-state index contributed by atoms with van der Waals surface area (Å²) in [6.07, 6.45) is 4.30. The zero-order valence-corrected chi connectivity index (χ0v) is 11.2. The first kappa shape index (κ1) is 12.7. The van der Waals surface area contributed by atoms with Crippen molar-refractivity contribution in [1.82, 2.24) is 4.90 Å². The quantitative estimate of drug-likeness (QED) is 0.592. The molecule has 0 bridgehead atoms. The fourth-order valence-electron chi connectivity index (χ4n) is 2.38. The highest BCUT2D eigenvalue weighted by Gasteiger charge is 2.21. The zero-order chi connectivity index (χ0) is 13.1. The van der Waals surface area contributed by atoms with Crippen LogP contribution >= 0.6 is 0 Å². The summed E-state index contributed by atoms with van der Waals surface area (Å²) >= 11 is 0. The standard InChI is InChI=1S/C15H19NO2/c1-16(2)10-13-11-6-5-9-15(18-3)12(11)7-4-8-14(13)17/h5-6,9-10H,4,7-8H2,1-3H3. The third-order valence-corrected chi connectivity index (χ3v) is 3.16. The Balaban J connectivity index is 2.59. The lowest BCUT2D eigenvalue weighted by Gasteiger charge is -2.14. The summed E-state index contributed by atoms with van der Waals surface area (Å²) in [6, 6.07) is 5.91. The van der Waals surface area contributed by atoms with Gasteiger partial charge in [0.2, 0.25) is 0 Å². The van der Waals surface area contributed by atoms with Gasteiger partial charge in [-0.15, -0.1) is 0 Å². The summed E-state index contributed by atoms with van der Waals surface area (Å²) in [7, 11) is 5.55. The summed E-state index contributed by atoms with van der Waals surface area (Å²) in [6.45, 7) is 0. The first-order valence-corrected chi connectivity index (χ1v) is 6.21. The van der Waals surface area contributed by atoms with Crippen molar-refractivity contribution >= 4 is 11.4 Å². The molecule has 3 heteroatoms. The number of rotatable bonds is 2. The van der Waals surface area contributed by atoms with Crippen LogP contribution in [0.25, 0.3) is 5.57 Å². The molecule has 3 nitrogen and oxygen atoms in total. The van der Waals surface area contributed by atoms with E-state index in [1.165, 1.54) is 0 Å². The normalized spacial score (nSPS) is 17.3. The second-order valence-electron chi connectivity index (χ2n) is 4.77. The molecule has 0 amide bonds. The Kier molecular flexibility index (Phi) is 3.70. The van der Waals surface area contributed by atoms with Crippen LogP contribution in [0.15, 0.2) is 24.4 Å². The SMILES string of the molecule is COc1cccc2c1CCCC(=O)C2=CN(C)C. The lowest BCUT2D eigenvalue weighted by molar-refractivity contribution is -0.113. The molecule has 1 aliphatic carbocycles. The molecule has 0 spiro atoms. The van der Waals surface area contributed by atoms with Crippen LogP contribution < -0.4 is 4.74 Å². The number of allylic oxidation sites excluding steroid dienone is 1. The average molecular weight is 245 g/mol. The van der Waals surface area contributed by atoms with Gasteiger partial charge in [-0.3, -0.25) is 4.79 Å². The van der Waals surface area contributed by atoms with Crippen LogP contribution in [0.5, 0.6) is 5.75 Å². The van der Waals surface area contributed by atoms with E-state index in [4.69, 9.17) is 4.74 Å². The van der Waals surface area contributed by atoms with E-state index >= 15 is 0 Å². The number of hydrogen-bond donors (Lipinski definition) is 0. The van der Waals surface area contributed by atoms with E-state index in [2.05, 4.69) is 0 Å². The largest absolute Gasteiger partial charge is 0.496 e. The number of Topliss-reactive ketones (excluding diaryl/α,β-unsaturated/α-hetero) is 1. The van der Waals surface area contributed by atoms with Gasteiger partial charge in [0, 0.05) is 37.9 Å². The molecule has 96 valence electrons.